The molecule has 0 saturated heterocycles. The average molecular weight is 482 g/mol. The Kier molecular flexibility index (Phi) is 7.35. The molecule has 0 saturated carbocycles. The standard InChI is InChI=1S/C13H15N5.C13H12N4.CH4/c14-13(15)10-2-1-9-3-4-18(12(9)5-10)7-11-6-16-8-17-11;1-14-11-3-2-10-4-5-17(13(10)6-11)8-12-7-15-9-16-12;/h1-2,5-6,8H,3-4,7H2,(H3,14,15)(H,16,17);2-3,6-7,9H,4-5,8H2,(H,15,16);1H4. The van der Waals surface area contributed by atoms with Crippen LogP contribution >= 0.6 is 0 Å². The van der Waals surface area contributed by atoms with Crippen LogP contribution in [0, 0.1) is 12.0 Å². The molecule has 0 bridgehead atoms. The summed E-state index contributed by atoms with van der Waals surface area (Å²) in [7, 11) is 0. The molecule has 4 aromatic rings. The van der Waals surface area contributed by atoms with Crippen LogP contribution in [0.2, 0.25) is 0 Å². The quantitative estimate of drug-likeness (QED) is 0.191. The molecule has 9 heteroatoms. The molecule has 4 heterocycles. The van der Waals surface area contributed by atoms with Crippen molar-refractivity contribution in [1.82, 2.24) is 19.9 Å². The molecule has 0 fully saturated rings. The summed E-state index contributed by atoms with van der Waals surface area (Å²) in [6, 6.07) is 11.9. The number of benzene rings is 2. The van der Waals surface area contributed by atoms with Crippen molar-refractivity contribution in [3.05, 3.63) is 101 Å². The van der Waals surface area contributed by atoms with E-state index < -0.39 is 0 Å². The van der Waals surface area contributed by atoms with Crippen molar-refractivity contribution in [2.45, 2.75) is 33.4 Å². The molecule has 184 valence electrons. The molecule has 2 aliphatic heterocycles. The summed E-state index contributed by atoms with van der Waals surface area (Å²) in [6.07, 6.45) is 9.17. The molecule has 6 rings (SSSR count). The smallest absolute Gasteiger partial charge is 0.189 e. The maximum atomic E-state index is 7.50. The molecule has 5 N–H and O–H groups in total. The molecule has 0 unspecified atom stereocenters. The van der Waals surface area contributed by atoms with E-state index in [1.54, 1.807) is 12.7 Å². The summed E-state index contributed by atoms with van der Waals surface area (Å²) < 4.78 is 0. The number of nitrogens with one attached hydrogen (secondary N) is 3. The number of aromatic nitrogens is 4. The van der Waals surface area contributed by atoms with E-state index in [1.807, 2.05) is 36.7 Å². The van der Waals surface area contributed by atoms with E-state index in [0.717, 1.165) is 56.0 Å². The lowest BCUT2D eigenvalue weighted by molar-refractivity contribution is 0.819. The van der Waals surface area contributed by atoms with Crippen molar-refractivity contribution in [3.63, 3.8) is 0 Å². The Balaban J connectivity index is 0.000000165. The zero-order valence-electron chi connectivity index (χ0n) is 19.3. The van der Waals surface area contributed by atoms with Gasteiger partial charge in [0.15, 0.2) is 5.69 Å². The number of nitrogens with zero attached hydrogens (tertiary/aromatic N) is 5. The zero-order valence-corrected chi connectivity index (χ0v) is 19.3. The van der Waals surface area contributed by atoms with Gasteiger partial charge in [0.1, 0.15) is 5.84 Å². The lowest BCUT2D eigenvalue weighted by Crippen LogP contribution is -2.20. The van der Waals surface area contributed by atoms with Gasteiger partial charge in [0.25, 0.3) is 0 Å². The van der Waals surface area contributed by atoms with Crippen LogP contribution in [0.25, 0.3) is 4.85 Å². The van der Waals surface area contributed by atoms with Crippen LogP contribution in [0.3, 0.4) is 0 Å². The summed E-state index contributed by atoms with van der Waals surface area (Å²) in [5, 5.41) is 7.50. The second-order valence-corrected chi connectivity index (χ2v) is 8.68. The van der Waals surface area contributed by atoms with Crippen molar-refractivity contribution < 1.29 is 0 Å². The van der Waals surface area contributed by atoms with E-state index >= 15 is 0 Å². The molecule has 2 aromatic carbocycles. The number of rotatable bonds is 5. The van der Waals surface area contributed by atoms with Gasteiger partial charge in [-0.3, -0.25) is 5.41 Å². The van der Waals surface area contributed by atoms with Gasteiger partial charge in [0.05, 0.1) is 43.7 Å². The fourth-order valence-electron chi connectivity index (χ4n) is 4.60. The van der Waals surface area contributed by atoms with E-state index in [2.05, 4.69) is 46.7 Å². The van der Waals surface area contributed by atoms with E-state index in [9.17, 15) is 0 Å². The molecule has 36 heavy (non-hydrogen) atoms. The fourth-order valence-corrected chi connectivity index (χ4v) is 4.60. The van der Waals surface area contributed by atoms with Crippen LogP contribution < -0.4 is 15.5 Å². The molecule has 0 aliphatic carbocycles. The van der Waals surface area contributed by atoms with Gasteiger partial charge in [-0.2, -0.15) is 0 Å². The number of H-pyrrole nitrogens is 2. The van der Waals surface area contributed by atoms with Crippen LogP contribution in [0.5, 0.6) is 0 Å². The predicted molar refractivity (Wildman–Crippen MR) is 144 cm³/mol. The van der Waals surface area contributed by atoms with Crippen molar-refractivity contribution in [1.29, 1.82) is 5.41 Å². The molecular formula is C27H31N9. The first-order valence-corrected chi connectivity index (χ1v) is 11.5. The Hall–Kier alpha value is -4.58. The lowest BCUT2D eigenvalue weighted by atomic mass is 10.1. The highest BCUT2D eigenvalue weighted by Crippen LogP contribution is 2.33. The molecule has 0 atom stereocenters. The molecule has 0 spiro atoms. The van der Waals surface area contributed by atoms with Crippen LogP contribution in [-0.4, -0.2) is 38.9 Å². The van der Waals surface area contributed by atoms with E-state index in [1.165, 1.54) is 22.5 Å². The predicted octanol–water partition coefficient (Wildman–Crippen LogP) is 4.42. The van der Waals surface area contributed by atoms with Crippen molar-refractivity contribution in [2.24, 2.45) is 5.73 Å². The van der Waals surface area contributed by atoms with Gasteiger partial charge < -0.3 is 25.5 Å². The van der Waals surface area contributed by atoms with E-state index in [0.29, 0.717) is 5.69 Å². The number of fused-ring (bicyclic) bond motifs is 2. The Morgan fingerprint density at radius 2 is 1.47 bits per heavy atom. The third-order valence-corrected chi connectivity index (χ3v) is 6.41. The minimum Gasteiger partial charge on any atom is -0.384 e. The molecule has 0 radical (unpaired) electrons. The Morgan fingerprint density at radius 3 is 1.97 bits per heavy atom. The third kappa shape index (κ3) is 5.23. The third-order valence-electron chi connectivity index (χ3n) is 6.41. The van der Waals surface area contributed by atoms with Crippen LogP contribution in [0.4, 0.5) is 17.1 Å². The number of amidine groups is 1. The maximum absolute atomic E-state index is 7.50. The van der Waals surface area contributed by atoms with Gasteiger partial charge in [0.2, 0.25) is 0 Å². The van der Waals surface area contributed by atoms with E-state index in [4.69, 9.17) is 17.7 Å². The summed E-state index contributed by atoms with van der Waals surface area (Å²) in [5.74, 6) is 0.117. The number of nitrogens with two attached hydrogens (primary N) is 1. The molecule has 9 nitrogen and oxygen atoms in total. The average Bonchev–Trinajstić information content (AvgIpc) is 3.69. The molecule has 2 aliphatic rings. The normalized spacial score (nSPS) is 13.2. The highest BCUT2D eigenvalue weighted by Gasteiger charge is 2.21. The molecule has 2 aromatic heterocycles. The van der Waals surface area contributed by atoms with Gasteiger partial charge in [-0.05, 0) is 36.1 Å². The number of aromatic amines is 2. The SMILES string of the molecule is C.N=C(N)c1ccc2c(c1)N(Cc1cnc[nH]1)CC2.[C-]#[N+]c1ccc2c(c1)N(Cc1cnc[nH]1)CC2. The topological polar surface area (TPSA) is 118 Å². The Morgan fingerprint density at radius 1 is 0.917 bits per heavy atom. The van der Waals surface area contributed by atoms with Gasteiger partial charge in [-0.25, -0.2) is 14.8 Å². The lowest BCUT2D eigenvalue weighted by Gasteiger charge is -2.18. The molecular weight excluding hydrogens is 450 g/mol. The largest absolute Gasteiger partial charge is 0.384 e. The Labute approximate surface area is 211 Å². The monoisotopic (exact) mass is 481 g/mol. The summed E-state index contributed by atoms with van der Waals surface area (Å²) >= 11 is 0. The zero-order chi connectivity index (χ0) is 24.2. The van der Waals surface area contributed by atoms with Crippen molar-refractivity contribution in [3.8, 4) is 0 Å². The first-order chi connectivity index (χ1) is 17.1. The first-order valence-electron chi connectivity index (χ1n) is 11.5. The summed E-state index contributed by atoms with van der Waals surface area (Å²) in [4.78, 5) is 22.3. The second-order valence-electron chi connectivity index (χ2n) is 8.68. The van der Waals surface area contributed by atoms with Gasteiger partial charge in [-0.1, -0.05) is 31.7 Å². The van der Waals surface area contributed by atoms with Crippen LogP contribution in [0.15, 0.2) is 61.4 Å². The second kappa shape index (κ2) is 10.8. The van der Waals surface area contributed by atoms with Crippen molar-refractivity contribution in [2.75, 3.05) is 22.9 Å². The first kappa shape index (κ1) is 24.5. The Bertz CT molecular complexity index is 1350. The number of hydrogen-bond donors (Lipinski definition) is 4. The van der Waals surface area contributed by atoms with Crippen molar-refractivity contribution >= 4 is 22.9 Å². The highest BCUT2D eigenvalue weighted by atomic mass is 15.2. The minimum atomic E-state index is 0. The number of imidazole rings is 2. The number of hydrogen-bond acceptors (Lipinski definition) is 5. The van der Waals surface area contributed by atoms with Gasteiger partial charge in [-0.15, -0.1) is 0 Å². The number of nitrogen functional groups attached to an aromatic ring is 1. The van der Waals surface area contributed by atoms with Crippen LogP contribution in [-0.2, 0) is 25.9 Å². The number of anilines is 2. The maximum Gasteiger partial charge on any atom is 0.189 e. The van der Waals surface area contributed by atoms with Gasteiger partial charge in [0, 0.05) is 42.4 Å². The summed E-state index contributed by atoms with van der Waals surface area (Å²) in [6.45, 7) is 10.7. The highest BCUT2D eigenvalue weighted by molar-refractivity contribution is 5.96. The minimum absolute atomic E-state index is 0. The van der Waals surface area contributed by atoms with Gasteiger partial charge >= 0.3 is 0 Å². The summed E-state index contributed by atoms with van der Waals surface area (Å²) in [5.41, 5.74) is 14.2. The van der Waals surface area contributed by atoms with Crippen LogP contribution in [0.1, 0.15) is 35.5 Å². The molecule has 0 amide bonds. The fraction of sp³-hybridized carbons (Fsp3) is 0.259. The van der Waals surface area contributed by atoms with E-state index in [-0.39, 0.29) is 13.3 Å².